The summed E-state index contributed by atoms with van der Waals surface area (Å²) < 4.78 is 0. The second-order valence-corrected chi connectivity index (χ2v) is 3.07. The van der Waals surface area contributed by atoms with E-state index in [0.717, 1.165) is 0 Å². The monoisotopic (exact) mass is 196 g/mol. The third-order valence-electron chi connectivity index (χ3n) is 1.84. The van der Waals surface area contributed by atoms with Gasteiger partial charge in [-0.2, -0.15) is 0 Å². The number of hydrogen-bond donors (Lipinski definition) is 2. The number of aliphatic carboxylic acids is 1. The predicted octanol–water partition coefficient (Wildman–Crippen LogP) is 0.486. The fourth-order valence-electron chi connectivity index (χ4n) is 1.12. The van der Waals surface area contributed by atoms with Crippen LogP contribution in [0.5, 0.6) is 0 Å². The van der Waals surface area contributed by atoms with Crippen molar-refractivity contribution in [2.75, 3.05) is 0 Å². The van der Waals surface area contributed by atoms with E-state index in [2.05, 4.69) is 9.97 Å². The molecule has 5 nitrogen and oxygen atoms in total. The summed E-state index contributed by atoms with van der Waals surface area (Å²) in [5.74, 6) is -0.279. The van der Waals surface area contributed by atoms with E-state index in [1.54, 1.807) is 6.92 Å². The van der Waals surface area contributed by atoms with Crippen molar-refractivity contribution in [3.63, 3.8) is 0 Å². The molecule has 0 amide bonds. The van der Waals surface area contributed by atoms with Crippen LogP contribution in [-0.2, 0) is 11.2 Å². The van der Waals surface area contributed by atoms with Gasteiger partial charge in [-0.15, -0.1) is 0 Å². The molecule has 0 saturated heterocycles. The van der Waals surface area contributed by atoms with Crippen LogP contribution in [0.3, 0.4) is 0 Å². The quantitative estimate of drug-likeness (QED) is 0.733. The number of aryl methyl sites for hydroxylation is 2. The maximum atomic E-state index is 11.3. The van der Waals surface area contributed by atoms with Gasteiger partial charge < -0.3 is 10.1 Å². The van der Waals surface area contributed by atoms with E-state index >= 15 is 0 Å². The minimum Gasteiger partial charge on any atom is -0.481 e. The van der Waals surface area contributed by atoms with Gasteiger partial charge in [0.25, 0.3) is 5.56 Å². The van der Waals surface area contributed by atoms with Crippen molar-refractivity contribution in [2.45, 2.75) is 26.2 Å². The van der Waals surface area contributed by atoms with Gasteiger partial charge in [-0.05, 0) is 19.8 Å². The molecule has 1 aromatic heterocycles. The lowest BCUT2D eigenvalue weighted by molar-refractivity contribution is -0.137. The molecule has 0 aliphatic carbocycles. The van der Waals surface area contributed by atoms with Crippen LogP contribution in [0.1, 0.15) is 24.2 Å². The van der Waals surface area contributed by atoms with Crippen LogP contribution in [0, 0.1) is 6.92 Å². The fraction of sp³-hybridized carbons (Fsp3) is 0.444. The molecule has 2 N–H and O–H groups in total. The molecule has 0 saturated carbocycles. The average Bonchev–Trinajstić information content (AvgIpc) is 2.08. The molecule has 76 valence electrons. The van der Waals surface area contributed by atoms with Crippen LogP contribution in [0.2, 0.25) is 0 Å². The fourth-order valence-corrected chi connectivity index (χ4v) is 1.12. The largest absolute Gasteiger partial charge is 0.481 e. The summed E-state index contributed by atoms with van der Waals surface area (Å²) in [6.07, 6.45) is 2.49. The number of carboxylic acids is 1. The number of nitrogens with zero attached hydrogens (tertiary/aromatic N) is 1. The number of carboxylic acid groups (broad SMARTS) is 1. The third kappa shape index (κ3) is 3.01. The molecule has 0 unspecified atom stereocenters. The van der Waals surface area contributed by atoms with Crippen molar-refractivity contribution in [3.8, 4) is 0 Å². The Balaban J connectivity index is 2.59. The molecule has 0 aromatic carbocycles. The predicted molar refractivity (Wildman–Crippen MR) is 50.2 cm³/mol. The van der Waals surface area contributed by atoms with E-state index in [9.17, 15) is 9.59 Å². The highest BCUT2D eigenvalue weighted by molar-refractivity contribution is 5.66. The lowest BCUT2D eigenvalue weighted by atomic mass is 10.1. The minimum atomic E-state index is -0.846. The molecular weight excluding hydrogens is 184 g/mol. The third-order valence-corrected chi connectivity index (χ3v) is 1.84. The van der Waals surface area contributed by atoms with Crippen LogP contribution in [0.25, 0.3) is 0 Å². The second-order valence-electron chi connectivity index (χ2n) is 3.07. The van der Waals surface area contributed by atoms with Crippen LogP contribution in [0.15, 0.2) is 11.0 Å². The lowest BCUT2D eigenvalue weighted by Gasteiger charge is -1.98. The summed E-state index contributed by atoms with van der Waals surface area (Å²) >= 11 is 0. The molecule has 0 radical (unpaired) electrons. The van der Waals surface area contributed by atoms with Crippen molar-refractivity contribution in [3.05, 3.63) is 27.9 Å². The standard InChI is InChI=1S/C9H12N2O3/c1-6-10-5-7(9(14)11-6)3-2-4-8(12)13/h5H,2-4H2,1H3,(H,12,13)(H,10,11,14). The van der Waals surface area contributed by atoms with Gasteiger partial charge in [0.1, 0.15) is 5.82 Å². The molecule has 1 heterocycles. The summed E-state index contributed by atoms with van der Waals surface area (Å²) in [6, 6.07) is 0. The normalized spacial score (nSPS) is 10.1. The van der Waals surface area contributed by atoms with Crippen LogP contribution >= 0.6 is 0 Å². The van der Waals surface area contributed by atoms with Crippen molar-refractivity contribution in [2.24, 2.45) is 0 Å². The van der Waals surface area contributed by atoms with E-state index in [1.165, 1.54) is 6.20 Å². The van der Waals surface area contributed by atoms with Gasteiger partial charge in [-0.25, -0.2) is 4.98 Å². The molecule has 5 heteroatoms. The molecule has 0 aliphatic heterocycles. The van der Waals surface area contributed by atoms with Crippen molar-refractivity contribution >= 4 is 5.97 Å². The molecule has 1 rings (SSSR count). The maximum Gasteiger partial charge on any atom is 0.303 e. The zero-order chi connectivity index (χ0) is 10.6. The average molecular weight is 196 g/mol. The van der Waals surface area contributed by atoms with Crippen molar-refractivity contribution in [1.82, 2.24) is 9.97 Å². The first kappa shape index (κ1) is 10.4. The van der Waals surface area contributed by atoms with Gasteiger partial charge in [-0.3, -0.25) is 9.59 Å². The Labute approximate surface area is 80.8 Å². The summed E-state index contributed by atoms with van der Waals surface area (Å²) in [7, 11) is 0. The minimum absolute atomic E-state index is 0.0767. The van der Waals surface area contributed by atoms with Gasteiger partial charge in [0.05, 0.1) is 0 Å². The Morgan fingerprint density at radius 1 is 1.64 bits per heavy atom. The Morgan fingerprint density at radius 3 is 2.93 bits per heavy atom. The molecule has 1 aromatic rings. The number of rotatable bonds is 4. The summed E-state index contributed by atoms with van der Waals surface area (Å²) in [5, 5.41) is 8.40. The smallest absolute Gasteiger partial charge is 0.303 e. The number of H-pyrrole nitrogens is 1. The number of aromatic amines is 1. The topological polar surface area (TPSA) is 83.0 Å². The van der Waals surface area contributed by atoms with Gasteiger partial charge >= 0.3 is 5.97 Å². The number of hydrogen-bond acceptors (Lipinski definition) is 3. The number of carbonyl (C=O) groups is 1. The van der Waals surface area contributed by atoms with Crippen molar-refractivity contribution < 1.29 is 9.90 Å². The number of nitrogens with one attached hydrogen (secondary N) is 1. The van der Waals surface area contributed by atoms with Crippen LogP contribution in [-0.4, -0.2) is 21.0 Å². The Kier molecular flexibility index (Phi) is 3.39. The Hall–Kier alpha value is -1.65. The zero-order valence-electron chi connectivity index (χ0n) is 7.91. The molecule has 0 atom stereocenters. The highest BCUT2D eigenvalue weighted by Gasteiger charge is 2.02. The molecule has 0 aliphatic rings. The molecule has 14 heavy (non-hydrogen) atoms. The SMILES string of the molecule is Cc1ncc(CCCC(=O)O)c(=O)[nH]1. The summed E-state index contributed by atoms with van der Waals surface area (Å²) in [6.45, 7) is 1.70. The molecular formula is C9H12N2O3. The van der Waals surface area contributed by atoms with E-state index in [0.29, 0.717) is 24.2 Å². The van der Waals surface area contributed by atoms with Crippen LogP contribution < -0.4 is 5.56 Å². The number of aromatic nitrogens is 2. The van der Waals surface area contributed by atoms with Gasteiger partial charge in [0, 0.05) is 18.2 Å². The van der Waals surface area contributed by atoms with E-state index < -0.39 is 5.97 Å². The first-order valence-corrected chi connectivity index (χ1v) is 4.36. The Bertz CT molecular complexity index is 384. The van der Waals surface area contributed by atoms with Gasteiger partial charge in [0.2, 0.25) is 0 Å². The maximum absolute atomic E-state index is 11.3. The first-order chi connectivity index (χ1) is 6.59. The second kappa shape index (κ2) is 4.55. The highest BCUT2D eigenvalue weighted by Crippen LogP contribution is 1.98. The zero-order valence-corrected chi connectivity index (χ0v) is 7.91. The summed E-state index contributed by atoms with van der Waals surface area (Å²) in [4.78, 5) is 28.0. The van der Waals surface area contributed by atoms with E-state index in [4.69, 9.17) is 5.11 Å². The Morgan fingerprint density at radius 2 is 2.36 bits per heavy atom. The summed E-state index contributed by atoms with van der Waals surface area (Å²) in [5.41, 5.74) is 0.361. The van der Waals surface area contributed by atoms with Crippen LogP contribution in [0.4, 0.5) is 0 Å². The molecule has 0 fully saturated rings. The lowest BCUT2D eigenvalue weighted by Crippen LogP contribution is -2.15. The van der Waals surface area contributed by atoms with E-state index in [1.807, 2.05) is 0 Å². The van der Waals surface area contributed by atoms with E-state index in [-0.39, 0.29) is 12.0 Å². The van der Waals surface area contributed by atoms with Gasteiger partial charge in [-0.1, -0.05) is 0 Å². The van der Waals surface area contributed by atoms with Crippen molar-refractivity contribution in [1.29, 1.82) is 0 Å². The highest BCUT2D eigenvalue weighted by atomic mass is 16.4. The molecule has 0 spiro atoms. The first-order valence-electron chi connectivity index (χ1n) is 4.36. The van der Waals surface area contributed by atoms with Gasteiger partial charge in [0.15, 0.2) is 0 Å². The molecule has 0 bridgehead atoms.